The van der Waals surface area contributed by atoms with Crippen LogP contribution in [0, 0.1) is 11.3 Å². The van der Waals surface area contributed by atoms with Crippen molar-refractivity contribution in [3.63, 3.8) is 0 Å². The summed E-state index contributed by atoms with van der Waals surface area (Å²) in [5, 5.41) is 13.8. The molecule has 2 aromatic heterocycles. The van der Waals surface area contributed by atoms with Gasteiger partial charge in [0.1, 0.15) is 17.3 Å². The van der Waals surface area contributed by atoms with Crippen molar-refractivity contribution in [1.82, 2.24) is 14.8 Å². The Morgan fingerprint density at radius 2 is 2.38 bits per heavy atom. The molecule has 2 heterocycles. The van der Waals surface area contributed by atoms with E-state index in [9.17, 15) is 4.79 Å². The fourth-order valence-corrected chi connectivity index (χ4v) is 2.00. The summed E-state index contributed by atoms with van der Waals surface area (Å²) in [5.41, 5.74) is 1.50. The van der Waals surface area contributed by atoms with Gasteiger partial charge in [0.05, 0.1) is 11.1 Å². The number of aromatic amines is 1. The Morgan fingerprint density at radius 3 is 3.00 bits per heavy atom. The van der Waals surface area contributed by atoms with Crippen molar-refractivity contribution < 1.29 is 0 Å². The number of aryl methyl sites for hydroxylation is 1. The minimum absolute atomic E-state index is 0.155. The fraction of sp³-hybridized carbons (Fsp3) is 0.364. The number of hydrogen-bond acceptors (Lipinski definition) is 3. The number of fused-ring (bicyclic) bond motifs is 1. The highest BCUT2D eigenvalue weighted by Gasteiger charge is 2.30. The van der Waals surface area contributed by atoms with Gasteiger partial charge >= 0.3 is 0 Å². The van der Waals surface area contributed by atoms with Gasteiger partial charge in [0, 0.05) is 19.2 Å². The summed E-state index contributed by atoms with van der Waals surface area (Å²) >= 11 is 0. The zero-order valence-corrected chi connectivity index (χ0v) is 8.82. The molecule has 1 aliphatic carbocycles. The van der Waals surface area contributed by atoms with E-state index in [-0.39, 0.29) is 11.0 Å². The van der Waals surface area contributed by atoms with Crippen LogP contribution in [0.5, 0.6) is 0 Å². The molecule has 0 saturated heterocycles. The number of aromatic nitrogens is 3. The third-order valence-corrected chi connectivity index (χ3v) is 2.98. The second-order valence-corrected chi connectivity index (χ2v) is 4.15. The lowest BCUT2D eigenvalue weighted by atomic mass is 10.1. The molecule has 0 aromatic carbocycles. The summed E-state index contributed by atoms with van der Waals surface area (Å²) in [4.78, 5) is 15.0. The molecular weight excluding hydrogens is 204 g/mol. The second kappa shape index (κ2) is 2.95. The average Bonchev–Trinajstić information content (AvgIpc) is 3.05. The first-order valence-electron chi connectivity index (χ1n) is 5.20. The summed E-state index contributed by atoms with van der Waals surface area (Å²) in [5.74, 6) is 0.402. The van der Waals surface area contributed by atoms with E-state index in [2.05, 4.69) is 10.1 Å². The van der Waals surface area contributed by atoms with E-state index < -0.39 is 0 Å². The van der Waals surface area contributed by atoms with E-state index in [0.717, 1.165) is 18.5 Å². The zero-order valence-electron chi connectivity index (χ0n) is 8.82. The van der Waals surface area contributed by atoms with Gasteiger partial charge in [0.15, 0.2) is 0 Å². The molecule has 0 radical (unpaired) electrons. The minimum atomic E-state index is -0.203. The summed E-state index contributed by atoms with van der Waals surface area (Å²) < 4.78 is 1.67. The Labute approximate surface area is 91.3 Å². The maximum Gasteiger partial charge on any atom is 0.210 e. The molecule has 16 heavy (non-hydrogen) atoms. The lowest BCUT2D eigenvalue weighted by Gasteiger charge is -1.94. The SMILES string of the molecule is Cn1nc(C2CC2)c2c(=O)c(C#N)c[nH]c21. The normalized spacial score (nSPS) is 15.2. The first-order chi connectivity index (χ1) is 7.72. The highest BCUT2D eigenvalue weighted by Crippen LogP contribution is 2.41. The lowest BCUT2D eigenvalue weighted by molar-refractivity contribution is 0.759. The van der Waals surface area contributed by atoms with Crippen molar-refractivity contribution in [3.8, 4) is 6.07 Å². The van der Waals surface area contributed by atoms with Crippen LogP contribution in [0.3, 0.4) is 0 Å². The number of H-pyrrole nitrogens is 1. The van der Waals surface area contributed by atoms with Gasteiger partial charge in [-0.15, -0.1) is 0 Å². The molecule has 2 aromatic rings. The Morgan fingerprint density at radius 1 is 1.62 bits per heavy atom. The van der Waals surface area contributed by atoms with E-state index >= 15 is 0 Å². The van der Waals surface area contributed by atoms with Crippen molar-refractivity contribution in [1.29, 1.82) is 5.26 Å². The third-order valence-electron chi connectivity index (χ3n) is 2.98. The van der Waals surface area contributed by atoms with Gasteiger partial charge < -0.3 is 4.98 Å². The van der Waals surface area contributed by atoms with Crippen LogP contribution in [0.15, 0.2) is 11.0 Å². The van der Waals surface area contributed by atoms with Crippen molar-refractivity contribution in [3.05, 3.63) is 27.7 Å². The number of hydrogen-bond donors (Lipinski definition) is 1. The van der Waals surface area contributed by atoms with Crippen molar-refractivity contribution in [2.45, 2.75) is 18.8 Å². The number of nitriles is 1. The maximum atomic E-state index is 12.0. The molecule has 0 spiro atoms. The van der Waals surface area contributed by atoms with Gasteiger partial charge in [0.25, 0.3) is 0 Å². The predicted octanol–water partition coefficient (Wildman–Crippen LogP) is 1.01. The van der Waals surface area contributed by atoms with E-state index in [1.807, 2.05) is 6.07 Å². The molecule has 1 saturated carbocycles. The molecule has 5 heteroatoms. The largest absolute Gasteiger partial charge is 0.345 e. The maximum absolute atomic E-state index is 12.0. The Hall–Kier alpha value is -2.09. The highest BCUT2D eigenvalue weighted by atomic mass is 16.1. The minimum Gasteiger partial charge on any atom is -0.345 e. The second-order valence-electron chi connectivity index (χ2n) is 4.15. The molecule has 1 aliphatic rings. The van der Waals surface area contributed by atoms with Crippen molar-refractivity contribution in [2.24, 2.45) is 7.05 Å². The summed E-state index contributed by atoms with van der Waals surface area (Å²) in [7, 11) is 1.80. The number of rotatable bonds is 1. The summed E-state index contributed by atoms with van der Waals surface area (Å²) in [6, 6.07) is 1.90. The van der Waals surface area contributed by atoms with Gasteiger partial charge in [-0.2, -0.15) is 10.4 Å². The molecule has 1 fully saturated rings. The molecule has 0 aliphatic heterocycles. The van der Waals surface area contributed by atoms with Gasteiger partial charge in [-0.3, -0.25) is 9.48 Å². The van der Waals surface area contributed by atoms with Crippen LogP contribution in [0.25, 0.3) is 11.0 Å². The number of pyridine rings is 1. The molecule has 0 amide bonds. The standard InChI is InChI=1S/C11H10N4O/c1-15-11-8(9(14-15)6-2-3-6)10(16)7(4-12)5-13-11/h5-6H,2-3H2,1H3,(H,13,16). The molecule has 80 valence electrons. The van der Waals surface area contributed by atoms with Crippen LogP contribution in [0.1, 0.15) is 30.0 Å². The molecule has 3 rings (SSSR count). The van der Waals surface area contributed by atoms with E-state index in [1.165, 1.54) is 6.20 Å². The highest BCUT2D eigenvalue weighted by molar-refractivity contribution is 5.80. The monoisotopic (exact) mass is 214 g/mol. The smallest absolute Gasteiger partial charge is 0.210 e. The van der Waals surface area contributed by atoms with Crippen LogP contribution in [-0.2, 0) is 7.05 Å². The third kappa shape index (κ3) is 1.10. The van der Waals surface area contributed by atoms with Gasteiger partial charge in [-0.25, -0.2) is 0 Å². The van der Waals surface area contributed by atoms with Crippen LogP contribution >= 0.6 is 0 Å². The lowest BCUT2D eigenvalue weighted by Crippen LogP contribution is -2.08. The number of nitrogens with one attached hydrogen (secondary N) is 1. The molecule has 1 N–H and O–H groups in total. The average molecular weight is 214 g/mol. The van der Waals surface area contributed by atoms with Crippen LogP contribution in [-0.4, -0.2) is 14.8 Å². The first-order valence-corrected chi connectivity index (χ1v) is 5.20. The zero-order chi connectivity index (χ0) is 11.3. The molecule has 0 unspecified atom stereocenters. The van der Waals surface area contributed by atoms with Gasteiger partial charge in [-0.05, 0) is 12.8 Å². The van der Waals surface area contributed by atoms with E-state index in [4.69, 9.17) is 5.26 Å². The van der Waals surface area contributed by atoms with E-state index in [1.54, 1.807) is 11.7 Å². The Balaban J connectivity index is 2.45. The van der Waals surface area contributed by atoms with Crippen LogP contribution in [0.2, 0.25) is 0 Å². The van der Waals surface area contributed by atoms with Gasteiger partial charge in [0.2, 0.25) is 5.43 Å². The van der Waals surface area contributed by atoms with E-state index in [0.29, 0.717) is 17.0 Å². The van der Waals surface area contributed by atoms with Gasteiger partial charge in [-0.1, -0.05) is 0 Å². The predicted molar refractivity (Wildman–Crippen MR) is 58.0 cm³/mol. The molecule has 0 atom stereocenters. The molecule has 5 nitrogen and oxygen atoms in total. The molecule has 0 bridgehead atoms. The summed E-state index contributed by atoms with van der Waals surface area (Å²) in [6.07, 6.45) is 3.62. The van der Waals surface area contributed by atoms with Crippen molar-refractivity contribution >= 4 is 11.0 Å². The Kier molecular flexibility index (Phi) is 1.69. The fourth-order valence-electron chi connectivity index (χ4n) is 2.00. The summed E-state index contributed by atoms with van der Waals surface area (Å²) in [6.45, 7) is 0. The van der Waals surface area contributed by atoms with Crippen molar-refractivity contribution in [2.75, 3.05) is 0 Å². The molecular formula is C11H10N4O. The quantitative estimate of drug-likeness (QED) is 0.769. The number of nitrogens with zero attached hydrogens (tertiary/aromatic N) is 3. The van der Waals surface area contributed by atoms with Crippen LogP contribution < -0.4 is 5.43 Å². The van der Waals surface area contributed by atoms with Crippen LogP contribution in [0.4, 0.5) is 0 Å². The topological polar surface area (TPSA) is 74.5 Å². The first kappa shape index (κ1) is 9.16. The Bertz CT molecular complexity index is 670.